The molecule has 1 aliphatic rings. The zero-order valence-electron chi connectivity index (χ0n) is 11.8. The van der Waals surface area contributed by atoms with Gasteiger partial charge in [-0.25, -0.2) is 27.2 Å². The highest BCUT2D eigenvalue weighted by Gasteiger charge is 2.31. The molecule has 1 aliphatic heterocycles. The highest BCUT2D eigenvalue weighted by atomic mass is 35.5. The van der Waals surface area contributed by atoms with Crippen molar-refractivity contribution >= 4 is 21.6 Å². The molecule has 122 valence electrons. The first-order chi connectivity index (χ1) is 10.9. The molecule has 1 aromatic carbocycles. The van der Waals surface area contributed by atoms with Crippen molar-refractivity contribution in [1.82, 2.24) is 14.3 Å². The van der Waals surface area contributed by atoms with Crippen molar-refractivity contribution in [2.45, 2.75) is 17.7 Å². The first kappa shape index (κ1) is 16.2. The number of nitrogens with zero attached hydrogens (tertiary/aromatic N) is 3. The summed E-state index contributed by atoms with van der Waals surface area (Å²) in [6, 6.07) is 3.10. The second kappa shape index (κ2) is 6.10. The third-order valence-electron chi connectivity index (χ3n) is 3.60. The topological polar surface area (TPSA) is 63.2 Å². The number of aromatic nitrogens is 2. The van der Waals surface area contributed by atoms with Gasteiger partial charge in [-0.3, -0.25) is 0 Å². The second-order valence-corrected chi connectivity index (χ2v) is 7.33. The minimum Gasteiger partial charge on any atom is -0.223 e. The predicted molar refractivity (Wildman–Crippen MR) is 80.4 cm³/mol. The third-order valence-corrected chi connectivity index (χ3v) is 5.72. The lowest BCUT2D eigenvalue weighted by atomic mass is 10.1. The number of halogens is 3. The van der Waals surface area contributed by atoms with E-state index in [-0.39, 0.29) is 21.4 Å². The Morgan fingerprint density at radius 3 is 2.57 bits per heavy atom. The van der Waals surface area contributed by atoms with Gasteiger partial charge >= 0.3 is 0 Å². The van der Waals surface area contributed by atoms with Crippen molar-refractivity contribution in [3.63, 3.8) is 0 Å². The van der Waals surface area contributed by atoms with Crippen LogP contribution in [0.4, 0.5) is 8.78 Å². The summed E-state index contributed by atoms with van der Waals surface area (Å²) < 4.78 is 54.4. The summed E-state index contributed by atoms with van der Waals surface area (Å²) in [6.07, 6.45) is 2.31. The molecule has 3 rings (SSSR count). The standard InChI is InChI=1S/C14H12ClF2N3O2S/c15-14-18-8-11(17)13(19-14)10-4-3-9(16)7-12(10)23(21,22)20-5-1-2-6-20/h3-4,7-8H,1-2,5-6H2. The lowest BCUT2D eigenvalue weighted by molar-refractivity contribution is 0.476. The number of rotatable bonds is 3. The van der Waals surface area contributed by atoms with Crippen LogP contribution in [0, 0.1) is 11.6 Å². The second-order valence-electron chi connectivity index (χ2n) is 5.09. The van der Waals surface area contributed by atoms with Gasteiger partial charge in [-0.1, -0.05) is 0 Å². The third kappa shape index (κ3) is 3.06. The Morgan fingerprint density at radius 2 is 1.87 bits per heavy atom. The molecule has 0 spiro atoms. The van der Waals surface area contributed by atoms with E-state index in [1.54, 1.807) is 0 Å². The fourth-order valence-corrected chi connectivity index (χ4v) is 4.36. The van der Waals surface area contributed by atoms with Gasteiger partial charge in [0, 0.05) is 18.7 Å². The van der Waals surface area contributed by atoms with Crippen LogP contribution >= 0.6 is 11.6 Å². The highest BCUT2D eigenvalue weighted by Crippen LogP contribution is 2.32. The number of sulfonamides is 1. The molecule has 5 nitrogen and oxygen atoms in total. The Labute approximate surface area is 137 Å². The van der Waals surface area contributed by atoms with E-state index in [1.807, 2.05) is 0 Å². The molecule has 2 heterocycles. The van der Waals surface area contributed by atoms with E-state index in [0.29, 0.717) is 13.1 Å². The van der Waals surface area contributed by atoms with Gasteiger partial charge in [-0.15, -0.1) is 0 Å². The average molecular weight is 360 g/mol. The summed E-state index contributed by atoms with van der Waals surface area (Å²) in [4.78, 5) is 6.92. The largest absolute Gasteiger partial charge is 0.243 e. The molecular weight excluding hydrogens is 348 g/mol. The van der Waals surface area contributed by atoms with Crippen molar-refractivity contribution in [3.8, 4) is 11.3 Å². The molecule has 23 heavy (non-hydrogen) atoms. The average Bonchev–Trinajstić information content (AvgIpc) is 3.05. The Bertz CT molecular complexity index is 855. The van der Waals surface area contributed by atoms with Crippen LogP contribution in [0.5, 0.6) is 0 Å². The molecule has 0 N–H and O–H groups in total. The van der Waals surface area contributed by atoms with Gasteiger partial charge in [0.1, 0.15) is 11.5 Å². The molecule has 2 aromatic rings. The Morgan fingerprint density at radius 1 is 1.17 bits per heavy atom. The van der Waals surface area contributed by atoms with Crippen molar-refractivity contribution in [3.05, 3.63) is 41.3 Å². The Kier molecular flexibility index (Phi) is 4.31. The molecule has 1 aromatic heterocycles. The van der Waals surface area contributed by atoms with Crippen LogP contribution in [0.25, 0.3) is 11.3 Å². The monoisotopic (exact) mass is 359 g/mol. The summed E-state index contributed by atoms with van der Waals surface area (Å²) in [5.41, 5.74) is -0.317. The molecule has 0 atom stereocenters. The maximum atomic E-state index is 14.0. The van der Waals surface area contributed by atoms with Crippen LogP contribution in [0.3, 0.4) is 0 Å². The zero-order valence-corrected chi connectivity index (χ0v) is 13.4. The summed E-state index contributed by atoms with van der Waals surface area (Å²) >= 11 is 5.67. The van der Waals surface area contributed by atoms with E-state index in [2.05, 4.69) is 9.97 Å². The van der Waals surface area contributed by atoms with Crippen LogP contribution < -0.4 is 0 Å². The van der Waals surface area contributed by atoms with Crippen LogP contribution in [0.15, 0.2) is 29.3 Å². The first-order valence-corrected chi connectivity index (χ1v) is 8.69. The van der Waals surface area contributed by atoms with E-state index in [0.717, 1.165) is 31.2 Å². The van der Waals surface area contributed by atoms with E-state index < -0.39 is 21.7 Å². The maximum absolute atomic E-state index is 14.0. The van der Waals surface area contributed by atoms with Crippen LogP contribution in [0.2, 0.25) is 5.28 Å². The van der Waals surface area contributed by atoms with Gasteiger partial charge in [0.15, 0.2) is 5.82 Å². The van der Waals surface area contributed by atoms with Crippen LogP contribution in [-0.4, -0.2) is 35.8 Å². The van der Waals surface area contributed by atoms with Gasteiger partial charge in [0.2, 0.25) is 15.3 Å². The van der Waals surface area contributed by atoms with Crippen LogP contribution in [-0.2, 0) is 10.0 Å². The number of benzene rings is 1. The smallest absolute Gasteiger partial charge is 0.223 e. The minimum atomic E-state index is -3.95. The van der Waals surface area contributed by atoms with E-state index in [4.69, 9.17) is 11.6 Å². The van der Waals surface area contributed by atoms with Crippen molar-refractivity contribution in [2.24, 2.45) is 0 Å². The number of hydrogen-bond donors (Lipinski definition) is 0. The molecule has 0 saturated carbocycles. The molecule has 0 bridgehead atoms. The molecule has 0 radical (unpaired) electrons. The summed E-state index contributed by atoms with van der Waals surface area (Å²) in [5.74, 6) is -1.56. The number of hydrogen-bond acceptors (Lipinski definition) is 4. The lowest BCUT2D eigenvalue weighted by Gasteiger charge is -2.18. The van der Waals surface area contributed by atoms with Gasteiger partial charge in [-0.2, -0.15) is 4.31 Å². The van der Waals surface area contributed by atoms with Gasteiger partial charge < -0.3 is 0 Å². The van der Waals surface area contributed by atoms with Crippen molar-refractivity contribution in [1.29, 1.82) is 0 Å². The SMILES string of the molecule is O=S(=O)(c1cc(F)ccc1-c1nc(Cl)ncc1F)N1CCCC1. The summed E-state index contributed by atoms with van der Waals surface area (Å²) in [7, 11) is -3.95. The first-order valence-electron chi connectivity index (χ1n) is 6.88. The maximum Gasteiger partial charge on any atom is 0.243 e. The minimum absolute atomic E-state index is 0.0416. The molecule has 0 aliphatic carbocycles. The van der Waals surface area contributed by atoms with Gasteiger partial charge in [-0.05, 0) is 42.6 Å². The van der Waals surface area contributed by atoms with Crippen molar-refractivity contribution < 1.29 is 17.2 Å². The van der Waals surface area contributed by atoms with Crippen molar-refractivity contribution in [2.75, 3.05) is 13.1 Å². The van der Waals surface area contributed by atoms with Gasteiger partial charge in [0.05, 0.1) is 11.1 Å². The Hall–Kier alpha value is -1.64. The van der Waals surface area contributed by atoms with E-state index >= 15 is 0 Å². The molecule has 1 saturated heterocycles. The fourth-order valence-electron chi connectivity index (χ4n) is 2.51. The molecule has 1 fully saturated rings. The quantitative estimate of drug-likeness (QED) is 0.790. The van der Waals surface area contributed by atoms with E-state index in [1.165, 1.54) is 10.4 Å². The van der Waals surface area contributed by atoms with E-state index in [9.17, 15) is 17.2 Å². The fraction of sp³-hybridized carbons (Fsp3) is 0.286. The summed E-state index contributed by atoms with van der Waals surface area (Å²) in [5, 5.41) is -0.227. The molecule has 9 heteroatoms. The summed E-state index contributed by atoms with van der Waals surface area (Å²) in [6.45, 7) is 0.705. The molecule has 0 unspecified atom stereocenters. The zero-order chi connectivity index (χ0) is 16.6. The predicted octanol–water partition coefficient (Wildman–Crippen LogP) is 2.86. The normalized spacial score (nSPS) is 16.0. The van der Waals surface area contributed by atoms with Crippen LogP contribution in [0.1, 0.15) is 12.8 Å². The molecule has 0 amide bonds. The van der Waals surface area contributed by atoms with Gasteiger partial charge in [0.25, 0.3) is 0 Å². The lowest BCUT2D eigenvalue weighted by Crippen LogP contribution is -2.28. The Balaban J connectivity index is 2.21. The highest BCUT2D eigenvalue weighted by molar-refractivity contribution is 7.89. The molecular formula is C14H12ClF2N3O2S.